The molecule has 1 aliphatic heterocycles. The van der Waals surface area contributed by atoms with Gasteiger partial charge in [-0.2, -0.15) is 0 Å². The van der Waals surface area contributed by atoms with Crippen LogP contribution in [0.1, 0.15) is 16.1 Å². The van der Waals surface area contributed by atoms with Gasteiger partial charge >= 0.3 is 0 Å². The molecule has 0 unspecified atom stereocenters. The second-order valence-corrected chi connectivity index (χ2v) is 7.43. The van der Waals surface area contributed by atoms with Crippen molar-refractivity contribution in [3.05, 3.63) is 82.0 Å². The van der Waals surface area contributed by atoms with Gasteiger partial charge in [-0.1, -0.05) is 29.3 Å². The monoisotopic (exact) mass is 427 g/mol. The summed E-state index contributed by atoms with van der Waals surface area (Å²) in [5.41, 5.74) is 2.44. The van der Waals surface area contributed by atoms with Crippen LogP contribution in [0.15, 0.2) is 65.1 Å². The molecule has 1 aliphatic rings. The summed E-state index contributed by atoms with van der Waals surface area (Å²) in [4.78, 5) is 14.7. The van der Waals surface area contributed by atoms with Crippen LogP contribution in [0.5, 0.6) is 0 Å². The molecule has 0 radical (unpaired) electrons. The fourth-order valence-corrected chi connectivity index (χ4v) is 3.59. The van der Waals surface area contributed by atoms with Gasteiger partial charge in [-0.3, -0.25) is 4.79 Å². The standard InChI is InChI=1S/C23H19Cl2NO3/c24-20-3-1-2-19(23(20)25)22-11-9-18(29-22)8-10-21(27)16-4-6-17(7-5-16)26-12-14-28-15-13-26/h1-11H,12-15H2. The molecule has 0 bridgehead atoms. The molecule has 0 amide bonds. The molecule has 0 spiro atoms. The SMILES string of the molecule is O=C(C=Cc1ccc(-c2cccc(Cl)c2Cl)o1)c1ccc(N2CCOCC2)cc1. The number of hydrogen-bond donors (Lipinski definition) is 0. The number of ketones is 1. The predicted octanol–water partition coefficient (Wildman–Crippen LogP) is 5.99. The zero-order chi connectivity index (χ0) is 20.2. The Morgan fingerprint density at radius 1 is 0.966 bits per heavy atom. The van der Waals surface area contributed by atoms with E-state index in [0.717, 1.165) is 32.0 Å². The maximum atomic E-state index is 12.5. The molecular formula is C23H19Cl2NO3. The van der Waals surface area contributed by atoms with Crippen molar-refractivity contribution in [3.8, 4) is 11.3 Å². The summed E-state index contributed by atoms with van der Waals surface area (Å²) in [5.74, 6) is 1.08. The van der Waals surface area contributed by atoms with Crippen LogP contribution in [0.3, 0.4) is 0 Å². The first-order valence-corrected chi connectivity index (χ1v) is 10.1. The van der Waals surface area contributed by atoms with Crippen LogP contribution in [-0.2, 0) is 4.74 Å². The number of furan rings is 1. The number of nitrogens with zero attached hydrogens (tertiary/aromatic N) is 1. The molecule has 6 heteroatoms. The van der Waals surface area contributed by atoms with Gasteiger partial charge in [-0.05, 0) is 60.7 Å². The topological polar surface area (TPSA) is 42.7 Å². The van der Waals surface area contributed by atoms with E-state index in [1.807, 2.05) is 36.4 Å². The minimum Gasteiger partial charge on any atom is -0.457 e. The van der Waals surface area contributed by atoms with E-state index >= 15 is 0 Å². The van der Waals surface area contributed by atoms with Gasteiger partial charge in [-0.15, -0.1) is 0 Å². The van der Waals surface area contributed by atoms with E-state index in [1.165, 1.54) is 6.08 Å². The Labute approximate surface area is 179 Å². The highest BCUT2D eigenvalue weighted by molar-refractivity contribution is 6.43. The van der Waals surface area contributed by atoms with Gasteiger partial charge < -0.3 is 14.1 Å². The zero-order valence-corrected chi connectivity index (χ0v) is 17.1. The third-order valence-corrected chi connectivity index (χ3v) is 5.59. The molecule has 4 nitrogen and oxygen atoms in total. The Morgan fingerprint density at radius 2 is 1.72 bits per heavy atom. The Hall–Kier alpha value is -2.53. The lowest BCUT2D eigenvalue weighted by Gasteiger charge is -2.28. The molecule has 29 heavy (non-hydrogen) atoms. The quantitative estimate of drug-likeness (QED) is 0.370. The average Bonchev–Trinajstić information content (AvgIpc) is 3.23. The number of rotatable bonds is 5. The maximum Gasteiger partial charge on any atom is 0.185 e. The lowest BCUT2D eigenvalue weighted by molar-refractivity contribution is 0.104. The minimum absolute atomic E-state index is 0.0859. The van der Waals surface area contributed by atoms with Crippen LogP contribution < -0.4 is 4.90 Å². The van der Waals surface area contributed by atoms with E-state index in [0.29, 0.717) is 32.7 Å². The first-order valence-electron chi connectivity index (χ1n) is 9.31. The van der Waals surface area contributed by atoms with Crippen molar-refractivity contribution in [1.82, 2.24) is 0 Å². The molecule has 3 aromatic rings. The summed E-state index contributed by atoms with van der Waals surface area (Å²) < 4.78 is 11.2. The molecule has 2 heterocycles. The third-order valence-electron chi connectivity index (χ3n) is 4.77. The molecular weight excluding hydrogens is 409 g/mol. The number of ether oxygens (including phenoxy) is 1. The number of morpholine rings is 1. The summed E-state index contributed by atoms with van der Waals surface area (Å²) in [5, 5.41) is 0.906. The molecule has 1 aromatic heterocycles. The lowest BCUT2D eigenvalue weighted by atomic mass is 10.1. The highest BCUT2D eigenvalue weighted by Gasteiger charge is 2.12. The predicted molar refractivity (Wildman–Crippen MR) is 117 cm³/mol. The number of allylic oxidation sites excluding steroid dienone is 1. The number of benzene rings is 2. The molecule has 0 saturated carbocycles. The highest BCUT2D eigenvalue weighted by atomic mass is 35.5. The summed E-state index contributed by atoms with van der Waals surface area (Å²) >= 11 is 12.3. The smallest absolute Gasteiger partial charge is 0.185 e. The Kier molecular flexibility index (Phi) is 6.05. The first-order chi connectivity index (χ1) is 14.1. The number of halogens is 2. The lowest BCUT2D eigenvalue weighted by Crippen LogP contribution is -2.36. The van der Waals surface area contributed by atoms with Crippen LogP contribution in [0.2, 0.25) is 10.0 Å². The molecule has 1 saturated heterocycles. The first kappa shape index (κ1) is 19.8. The van der Waals surface area contributed by atoms with Crippen molar-refractivity contribution < 1.29 is 13.9 Å². The largest absolute Gasteiger partial charge is 0.457 e. The second kappa shape index (κ2) is 8.87. The van der Waals surface area contributed by atoms with Crippen molar-refractivity contribution >= 4 is 40.7 Å². The van der Waals surface area contributed by atoms with Crippen molar-refractivity contribution in [2.45, 2.75) is 0 Å². The number of hydrogen-bond acceptors (Lipinski definition) is 4. The summed E-state index contributed by atoms with van der Waals surface area (Å²) in [6.45, 7) is 3.19. The van der Waals surface area contributed by atoms with Crippen molar-refractivity contribution in [1.29, 1.82) is 0 Å². The summed E-state index contributed by atoms with van der Waals surface area (Å²) in [6.07, 6.45) is 3.16. The van der Waals surface area contributed by atoms with Crippen molar-refractivity contribution in [2.24, 2.45) is 0 Å². The second-order valence-electron chi connectivity index (χ2n) is 6.65. The molecule has 1 fully saturated rings. The van der Waals surface area contributed by atoms with E-state index in [2.05, 4.69) is 4.90 Å². The van der Waals surface area contributed by atoms with Gasteiger partial charge in [0.2, 0.25) is 0 Å². The average molecular weight is 428 g/mol. The van der Waals surface area contributed by atoms with Crippen LogP contribution in [-0.4, -0.2) is 32.1 Å². The van der Waals surface area contributed by atoms with E-state index < -0.39 is 0 Å². The van der Waals surface area contributed by atoms with Gasteiger partial charge in [-0.25, -0.2) is 0 Å². The van der Waals surface area contributed by atoms with Gasteiger partial charge in [0.05, 0.1) is 23.3 Å². The molecule has 0 N–H and O–H groups in total. The normalized spacial score (nSPS) is 14.5. The van der Waals surface area contributed by atoms with E-state index in [1.54, 1.807) is 24.3 Å². The number of anilines is 1. The van der Waals surface area contributed by atoms with Crippen LogP contribution >= 0.6 is 23.2 Å². The highest BCUT2D eigenvalue weighted by Crippen LogP contribution is 2.34. The van der Waals surface area contributed by atoms with Gasteiger partial charge in [0.25, 0.3) is 0 Å². The molecule has 0 atom stereocenters. The Balaban J connectivity index is 1.44. The Morgan fingerprint density at radius 3 is 2.48 bits per heavy atom. The minimum atomic E-state index is -0.0859. The Bertz CT molecular complexity index is 1030. The van der Waals surface area contributed by atoms with Crippen LogP contribution in [0, 0.1) is 0 Å². The van der Waals surface area contributed by atoms with E-state index in [9.17, 15) is 4.79 Å². The van der Waals surface area contributed by atoms with Crippen molar-refractivity contribution in [2.75, 3.05) is 31.2 Å². The maximum absolute atomic E-state index is 12.5. The number of carbonyl (C=O) groups is 1. The van der Waals surface area contributed by atoms with Crippen LogP contribution in [0.25, 0.3) is 17.4 Å². The molecule has 0 aliphatic carbocycles. The van der Waals surface area contributed by atoms with Gasteiger partial charge in [0, 0.05) is 29.9 Å². The molecule has 148 valence electrons. The number of carbonyl (C=O) groups excluding carboxylic acids is 1. The fourth-order valence-electron chi connectivity index (χ4n) is 3.19. The van der Waals surface area contributed by atoms with E-state index in [-0.39, 0.29) is 5.78 Å². The van der Waals surface area contributed by atoms with Gasteiger partial charge in [0.15, 0.2) is 5.78 Å². The summed E-state index contributed by atoms with van der Waals surface area (Å²) in [7, 11) is 0. The third kappa shape index (κ3) is 4.56. The molecule has 2 aromatic carbocycles. The zero-order valence-electron chi connectivity index (χ0n) is 15.6. The van der Waals surface area contributed by atoms with Gasteiger partial charge in [0.1, 0.15) is 11.5 Å². The summed E-state index contributed by atoms with van der Waals surface area (Å²) in [6, 6.07) is 16.6. The van der Waals surface area contributed by atoms with Crippen molar-refractivity contribution in [3.63, 3.8) is 0 Å². The van der Waals surface area contributed by atoms with Crippen LogP contribution in [0.4, 0.5) is 5.69 Å². The van der Waals surface area contributed by atoms with E-state index in [4.69, 9.17) is 32.4 Å². The fraction of sp³-hybridized carbons (Fsp3) is 0.174. The molecule has 4 rings (SSSR count).